The molecule has 2 N–H and O–H groups in total. The fraction of sp³-hybridized carbons (Fsp3) is 0.333. The molecule has 0 aliphatic rings. The Labute approximate surface area is 94.2 Å². The molecular formula is C12H14FNS. The van der Waals surface area contributed by atoms with Gasteiger partial charge in [0.1, 0.15) is 5.82 Å². The summed E-state index contributed by atoms with van der Waals surface area (Å²) in [6, 6.07) is 4.73. The van der Waals surface area contributed by atoms with Gasteiger partial charge in [-0.2, -0.15) is 11.8 Å². The Hall–Kier alpha value is -0.980. The Balaban J connectivity index is 2.92. The van der Waals surface area contributed by atoms with E-state index < -0.39 is 0 Å². The topological polar surface area (TPSA) is 26.0 Å². The van der Waals surface area contributed by atoms with Crippen LogP contribution >= 0.6 is 11.8 Å². The molecule has 0 saturated heterocycles. The fourth-order valence-electron chi connectivity index (χ4n) is 1.15. The van der Waals surface area contributed by atoms with Crippen LogP contribution in [0.2, 0.25) is 0 Å². The largest absolute Gasteiger partial charge is 0.320 e. The summed E-state index contributed by atoms with van der Waals surface area (Å²) in [5.41, 5.74) is 7.12. The lowest BCUT2D eigenvalue weighted by molar-refractivity contribution is 0.627. The molecule has 0 radical (unpaired) electrons. The zero-order valence-corrected chi connectivity index (χ0v) is 9.53. The van der Waals surface area contributed by atoms with Crippen molar-refractivity contribution >= 4 is 11.8 Å². The van der Waals surface area contributed by atoms with Gasteiger partial charge in [0.25, 0.3) is 0 Å². The van der Waals surface area contributed by atoms with Crippen LogP contribution in [-0.2, 0) is 5.75 Å². The van der Waals surface area contributed by atoms with Crippen LogP contribution in [0.4, 0.5) is 4.39 Å². The van der Waals surface area contributed by atoms with Crippen molar-refractivity contribution in [2.75, 3.05) is 12.3 Å². The summed E-state index contributed by atoms with van der Waals surface area (Å²) in [5, 5.41) is 0. The first-order valence-corrected chi connectivity index (χ1v) is 5.98. The number of hydrogen-bond acceptors (Lipinski definition) is 2. The Morgan fingerprint density at radius 2 is 2.27 bits per heavy atom. The Kier molecular flexibility index (Phi) is 5.23. The van der Waals surface area contributed by atoms with Crippen LogP contribution in [-0.4, -0.2) is 12.3 Å². The molecule has 0 aromatic heterocycles. The predicted octanol–water partition coefficient (Wildman–Crippen LogP) is 2.39. The highest BCUT2D eigenvalue weighted by Crippen LogP contribution is 2.17. The molecule has 0 heterocycles. The van der Waals surface area contributed by atoms with Crippen molar-refractivity contribution < 1.29 is 4.39 Å². The molecule has 0 fully saturated rings. The van der Waals surface area contributed by atoms with Crippen molar-refractivity contribution in [3.8, 4) is 11.8 Å². The van der Waals surface area contributed by atoms with Crippen molar-refractivity contribution in [1.29, 1.82) is 0 Å². The first-order valence-electron chi connectivity index (χ1n) is 4.83. The number of rotatable bonds is 3. The Bertz CT molecular complexity index is 379. The summed E-state index contributed by atoms with van der Waals surface area (Å²) >= 11 is 1.79. The minimum atomic E-state index is -0.249. The van der Waals surface area contributed by atoms with Crippen LogP contribution in [0.15, 0.2) is 18.2 Å². The van der Waals surface area contributed by atoms with Crippen LogP contribution in [0, 0.1) is 17.7 Å². The molecule has 0 saturated carbocycles. The second-order valence-corrected chi connectivity index (χ2v) is 4.22. The summed E-state index contributed by atoms with van der Waals surface area (Å²) in [6.45, 7) is 2.40. The lowest BCUT2D eigenvalue weighted by Gasteiger charge is -2.03. The number of thioether (sulfide) groups is 1. The van der Waals surface area contributed by atoms with Crippen molar-refractivity contribution in [1.82, 2.24) is 0 Å². The SMILES string of the molecule is CCSCc1ccc(F)cc1C#CCN. The summed E-state index contributed by atoms with van der Waals surface area (Å²) in [6.07, 6.45) is 0. The summed E-state index contributed by atoms with van der Waals surface area (Å²) < 4.78 is 13.0. The van der Waals surface area contributed by atoms with Crippen LogP contribution < -0.4 is 5.73 Å². The maximum Gasteiger partial charge on any atom is 0.124 e. The summed E-state index contributed by atoms with van der Waals surface area (Å²) in [4.78, 5) is 0. The lowest BCUT2D eigenvalue weighted by Crippen LogP contribution is -1.95. The highest BCUT2D eigenvalue weighted by molar-refractivity contribution is 7.98. The fourth-order valence-corrected chi connectivity index (χ4v) is 1.82. The standard InChI is InChI=1S/C12H14FNS/c1-2-15-9-11-5-6-12(13)8-10(11)4-3-7-14/h5-6,8H,2,7,9,14H2,1H3. The van der Waals surface area contributed by atoms with E-state index in [1.165, 1.54) is 12.1 Å². The van der Waals surface area contributed by atoms with Crippen LogP contribution in [0.1, 0.15) is 18.1 Å². The van der Waals surface area contributed by atoms with Gasteiger partial charge in [0.05, 0.1) is 6.54 Å². The van der Waals surface area contributed by atoms with Gasteiger partial charge in [-0.3, -0.25) is 0 Å². The van der Waals surface area contributed by atoms with E-state index in [9.17, 15) is 4.39 Å². The molecule has 80 valence electrons. The van der Waals surface area contributed by atoms with E-state index in [1.807, 2.05) is 0 Å². The average Bonchev–Trinajstić information content (AvgIpc) is 2.25. The van der Waals surface area contributed by atoms with Crippen LogP contribution in [0.25, 0.3) is 0 Å². The summed E-state index contributed by atoms with van der Waals surface area (Å²) in [5.74, 6) is 7.31. The number of benzene rings is 1. The van der Waals surface area contributed by atoms with Gasteiger partial charge in [-0.05, 0) is 23.4 Å². The van der Waals surface area contributed by atoms with Gasteiger partial charge >= 0.3 is 0 Å². The molecule has 0 unspecified atom stereocenters. The molecule has 0 aliphatic carbocycles. The molecule has 0 atom stereocenters. The number of halogens is 1. The first kappa shape index (κ1) is 12.1. The normalized spacial score (nSPS) is 9.53. The molecule has 0 aliphatic heterocycles. The van der Waals surface area contributed by atoms with Crippen molar-refractivity contribution in [2.24, 2.45) is 5.73 Å². The Morgan fingerprint density at radius 1 is 1.47 bits per heavy atom. The monoisotopic (exact) mass is 223 g/mol. The number of hydrogen-bond donors (Lipinski definition) is 1. The van der Waals surface area contributed by atoms with E-state index in [0.717, 1.165) is 22.6 Å². The molecule has 0 amide bonds. The molecule has 0 bridgehead atoms. The molecule has 1 aromatic carbocycles. The second kappa shape index (κ2) is 6.49. The lowest BCUT2D eigenvalue weighted by atomic mass is 10.1. The van der Waals surface area contributed by atoms with Gasteiger partial charge in [0.2, 0.25) is 0 Å². The maximum absolute atomic E-state index is 13.0. The third kappa shape index (κ3) is 3.94. The highest BCUT2D eigenvalue weighted by Gasteiger charge is 2.01. The average molecular weight is 223 g/mol. The smallest absolute Gasteiger partial charge is 0.124 e. The van der Waals surface area contributed by atoms with Gasteiger partial charge < -0.3 is 5.73 Å². The molecule has 3 heteroatoms. The maximum atomic E-state index is 13.0. The molecule has 0 spiro atoms. The molecule has 15 heavy (non-hydrogen) atoms. The minimum Gasteiger partial charge on any atom is -0.320 e. The molecule has 1 nitrogen and oxygen atoms in total. The Morgan fingerprint density at radius 3 is 2.93 bits per heavy atom. The molecule has 1 aromatic rings. The first-order chi connectivity index (χ1) is 7.27. The van der Waals surface area contributed by atoms with Gasteiger partial charge in [0, 0.05) is 11.3 Å². The van der Waals surface area contributed by atoms with Gasteiger partial charge in [-0.25, -0.2) is 4.39 Å². The predicted molar refractivity (Wildman–Crippen MR) is 64.2 cm³/mol. The van der Waals surface area contributed by atoms with E-state index in [0.29, 0.717) is 6.54 Å². The van der Waals surface area contributed by atoms with Gasteiger partial charge in [0.15, 0.2) is 0 Å². The van der Waals surface area contributed by atoms with E-state index in [-0.39, 0.29) is 5.82 Å². The third-order valence-electron chi connectivity index (χ3n) is 1.86. The van der Waals surface area contributed by atoms with E-state index in [4.69, 9.17) is 5.73 Å². The second-order valence-electron chi connectivity index (χ2n) is 2.94. The van der Waals surface area contributed by atoms with Gasteiger partial charge in [-0.1, -0.05) is 24.8 Å². The van der Waals surface area contributed by atoms with E-state index in [2.05, 4.69) is 18.8 Å². The number of nitrogens with two attached hydrogens (primary N) is 1. The highest BCUT2D eigenvalue weighted by atomic mass is 32.2. The molecule has 1 rings (SSSR count). The van der Waals surface area contributed by atoms with Crippen molar-refractivity contribution in [3.63, 3.8) is 0 Å². The summed E-state index contributed by atoms with van der Waals surface area (Å²) in [7, 11) is 0. The van der Waals surface area contributed by atoms with Crippen molar-refractivity contribution in [3.05, 3.63) is 35.1 Å². The molecular weight excluding hydrogens is 209 g/mol. The third-order valence-corrected chi connectivity index (χ3v) is 2.78. The van der Waals surface area contributed by atoms with Crippen LogP contribution in [0.5, 0.6) is 0 Å². The zero-order valence-electron chi connectivity index (χ0n) is 8.72. The van der Waals surface area contributed by atoms with E-state index >= 15 is 0 Å². The quantitative estimate of drug-likeness (QED) is 0.796. The van der Waals surface area contributed by atoms with Crippen LogP contribution in [0.3, 0.4) is 0 Å². The van der Waals surface area contributed by atoms with Gasteiger partial charge in [-0.15, -0.1) is 0 Å². The van der Waals surface area contributed by atoms with E-state index in [1.54, 1.807) is 17.8 Å². The van der Waals surface area contributed by atoms with Crippen molar-refractivity contribution in [2.45, 2.75) is 12.7 Å². The minimum absolute atomic E-state index is 0.249. The zero-order chi connectivity index (χ0) is 11.1.